The van der Waals surface area contributed by atoms with E-state index in [2.05, 4.69) is 105 Å². The van der Waals surface area contributed by atoms with Crippen LogP contribution in [-0.2, 0) is 0 Å². The van der Waals surface area contributed by atoms with Crippen molar-refractivity contribution in [3.8, 4) is 0 Å². The summed E-state index contributed by atoms with van der Waals surface area (Å²) in [5.74, 6) is 1.29. The van der Waals surface area contributed by atoms with Crippen molar-refractivity contribution in [2.24, 2.45) is 5.92 Å². The Labute approximate surface area is 139 Å². The maximum absolute atomic E-state index is 2.36. The molecule has 2 aromatic carbocycles. The van der Waals surface area contributed by atoms with E-state index < -0.39 is 0 Å². The van der Waals surface area contributed by atoms with Crippen LogP contribution in [0.25, 0.3) is 0 Å². The molecule has 0 unspecified atom stereocenters. The lowest BCUT2D eigenvalue weighted by molar-refractivity contribution is 0.741. The van der Waals surface area contributed by atoms with Crippen molar-refractivity contribution in [1.82, 2.24) is 0 Å². The van der Waals surface area contributed by atoms with Gasteiger partial charge in [0.25, 0.3) is 0 Å². The van der Waals surface area contributed by atoms with Crippen molar-refractivity contribution in [2.45, 2.75) is 25.7 Å². The van der Waals surface area contributed by atoms with E-state index in [4.69, 9.17) is 0 Å². The Balaban J connectivity index is 2.04. The first-order chi connectivity index (χ1) is 11.2. The quantitative estimate of drug-likeness (QED) is 0.627. The molecular weight excluding hydrogens is 276 g/mol. The highest BCUT2D eigenvalue weighted by atomic mass is 14.2. The second kappa shape index (κ2) is 7.28. The van der Waals surface area contributed by atoms with Gasteiger partial charge < -0.3 is 0 Å². The highest BCUT2D eigenvalue weighted by molar-refractivity contribution is 5.43. The summed E-state index contributed by atoms with van der Waals surface area (Å²) in [6.45, 7) is 4.45. The summed E-state index contributed by atoms with van der Waals surface area (Å²) in [5.41, 5.74) is 4.04. The Morgan fingerprint density at radius 3 is 1.52 bits per heavy atom. The molecule has 0 heterocycles. The molecule has 0 saturated carbocycles. The molecule has 1 aliphatic carbocycles. The lowest BCUT2D eigenvalue weighted by atomic mass is 9.81. The van der Waals surface area contributed by atoms with Crippen molar-refractivity contribution < 1.29 is 0 Å². The molecule has 0 fully saturated rings. The molecule has 2 atom stereocenters. The molecular formula is C23H24. The van der Waals surface area contributed by atoms with Crippen LogP contribution in [0.4, 0.5) is 0 Å². The van der Waals surface area contributed by atoms with Gasteiger partial charge in [0.1, 0.15) is 0 Å². The van der Waals surface area contributed by atoms with E-state index in [1.807, 2.05) is 0 Å². The fourth-order valence-electron chi connectivity index (χ4n) is 3.21. The van der Waals surface area contributed by atoms with Gasteiger partial charge in [0.05, 0.1) is 0 Å². The van der Waals surface area contributed by atoms with Gasteiger partial charge in [0.15, 0.2) is 0 Å². The number of allylic oxidation sites excluding steroid dienone is 6. The Morgan fingerprint density at radius 1 is 0.696 bits per heavy atom. The minimum atomic E-state index is 0.368. The van der Waals surface area contributed by atoms with Crippen molar-refractivity contribution in [3.63, 3.8) is 0 Å². The van der Waals surface area contributed by atoms with Crippen LogP contribution in [0.2, 0.25) is 0 Å². The zero-order chi connectivity index (χ0) is 16.1. The second-order valence-corrected chi connectivity index (χ2v) is 6.50. The predicted octanol–water partition coefficient (Wildman–Crippen LogP) is 6.26. The Bertz CT molecular complexity index is 645. The van der Waals surface area contributed by atoms with E-state index in [0.29, 0.717) is 17.8 Å². The Morgan fingerprint density at radius 2 is 1.13 bits per heavy atom. The molecule has 0 spiro atoms. The molecule has 0 radical (unpaired) electrons. The van der Waals surface area contributed by atoms with Crippen LogP contribution in [0.5, 0.6) is 0 Å². The van der Waals surface area contributed by atoms with Gasteiger partial charge in [-0.1, -0.05) is 105 Å². The monoisotopic (exact) mass is 300 g/mol. The summed E-state index contributed by atoms with van der Waals surface area (Å²) in [5, 5.41) is 0. The molecule has 0 nitrogen and oxygen atoms in total. The SMILES string of the molecule is CC(C)C=C1C=C[C@H](c2ccccc2)[C@@H](c2ccccc2)C=C1. The zero-order valence-corrected chi connectivity index (χ0v) is 13.9. The van der Waals surface area contributed by atoms with E-state index in [1.54, 1.807) is 0 Å². The molecule has 0 aliphatic heterocycles. The Hall–Kier alpha value is -2.34. The second-order valence-electron chi connectivity index (χ2n) is 6.50. The van der Waals surface area contributed by atoms with E-state index in [-0.39, 0.29) is 0 Å². The molecule has 2 aromatic rings. The third-order valence-corrected chi connectivity index (χ3v) is 4.27. The molecule has 0 bridgehead atoms. The van der Waals surface area contributed by atoms with Gasteiger partial charge in [0, 0.05) is 11.8 Å². The van der Waals surface area contributed by atoms with Gasteiger partial charge in [-0.15, -0.1) is 0 Å². The summed E-state index contributed by atoms with van der Waals surface area (Å²) < 4.78 is 0. The van der Waals surface area contributed by atoms with Crippen LogP contribution in [0, 0.1) is 5.92 Å². The van der Waals surface area contributed by atoms with Crippen LogP contribution in [0.15, 0.2) is 96.6 Å². The maximum Gasteiger partial charge on any atom is 0.0125 e. The van der Waals surface area contributed by atoms with Crippen molar-refractivity contribution in [3.05, 3.63) is 108 Å². The van der Waals surface area contributed by atoms with E-state index in [1.165, 1.54) is 16.7 Å². The first-order valence-electron chi connectivity index (χ1n) is 8.42. The topological polar surface area (TPSA) is 0 Å². The highest BCUT2D eigenvalue weighted by Gasteiger charge is 2.21. The molecule has 116 valence electrons. The first-order valence-corrected chi connectivity index (χ1v) is 8.42. The van der Waals surface area contributed by atoms with Crippen LogP contribution in [0.1, 0.15) is 36.8 Å². The fourth-order valence-corrected chi connectivity index (χ4v) is 3.21. The van der Waals surface area contributed by atoms with E-state index in [0.717, 1.165) is 0 Å². The fraction of sp³-hybridized carbons (Fsp3) is 0.217. The number of hydrogen-bond acceptors (Lipinski definition) is 0. The average molecular weight is 300 g/mol. The van der Waals surface area contributed by atoms with E-state index in [9.17, 15) is 0 Å². The van der Waals surface area contributed by atoms with Crippen molar-refractivity contribution in [1.29, 1.82) is 0 Å². The normalized spacial score (nSPS) is 20.6. The molecule has 0 saturated heterocycles. The van der Waals surface area contributed by atoms with Gasteiger partial charge in [0.2, 0.25) is 0 Å². The third kappa shape index (κ3) is 3.90. The van der Waals surface area contributed by atoms with Crippen molar-refractivity contribution >= 4 is 0 Å². The molecule has 0 N–H and O–H groups in total. The highest BCUT2D eigenvalue weighted by Crippen LogP contribution is 2.37. The predicted molar refractivity (Wildman–Crippen MR) is 99.6 cm³/mol. The van der Waals surface area contributed by atoms with Crippen LogP contribution in [-0.4, -0.2) is 0 Å². The number of rotatable bonds is 3. The summed E-state index contributed by atoms with van der Waals surface area (Å²) in [6, 6.07) is 21.6. The average Bonchev–Trinajstić information content (AvgIpc) is 2.78. The molecule has 23 heavy (non-hydrogen) atoms. The molecule has 1 aliphatic rings. The van der Waals surface area contributed by atoms with Crippen LogP contribution in [0.3, 0.4) is 0 Å². The van der Waals surface area contributed by atoms with Gasteiger partial charge in [-0.25, -0.2) is 0 Å². The summed E-state index contributed by atoms with van der Waals surface area (Å²) in [4.78, 5) is 0. The minimum absolute atomic E-state index is 0.368. The lowest BCUT2D eigenvalue weighted by Gasteiger charge is -2.22. The van der Waals surface area contributed by atoms with Gasteiger partial charge in [-0.05, 0) is 22.6 Å². The molecule has 0 amide bonds. The van der Waals surface area contributed by atoms with Crippen LogP contribution < -0.4 is 0 Å². The van der Waals surface area contributed by atoms with Gasteiger partial charge in [-0.3, -0.25) is 0 Å². The first kappa shape index (κ1) is 15.6. The smallest absolute Gasteiger partial charge is 0.0125 e. The van der Waals surface area contributed by atoms with Gasteiger partial charge >= 0.3 is 0 Å². The largest absolute Gasteiger partial charge is 0.0755 e. The maximum atomic E-state index is 2.36. The Kier molecular flexibility index (Phi) is 4.92. The molecule has 3 rings (SSSR count). The molecule has 0 heteroatoms. The number of hydrogen-bond donors (Lipinski definition) is 0. The lowest BCUT2D eigenvalue weighted by Crippen LogP contribution is -2.06. The number of benzene rings is 2. The van der Waals surface area contributed by atoms with Crippen LogP contribution >= 0.6 is 0 Å². The standard InChI is InChI=1S/C23H24/c1-18(2)17-19-13-15-22(20-9-5-3-6-10-20)23(16-14-19)21-11-7-4-8-12-21/h3-18,22-23H,1-2H3/t22-,23-/m1/s1. The summed E-state index contributed by atoms with van der Waals surface area (Å²) >= 11 is 0. The zero-order valence-electron chi connectivity index (χ0n) is 13.9. The summed E-state index contributed by atoms with van der Waals surface area (Å²) in [7, 11) is 0. The van der Waals surface area contributed by atoms with Gasteiger partial charge in [-0.2, -0.15) is 0 Å². The summed E-state index contributed by atoms with van der Waals surface area (Å²) in [6.07, 6.45) is 11.6. The van der Waals surface area contributed by atoms with E-state index >= 15 is 0 Å². The molecule has 0 aromatic heterocycles. The van der Waals surface area contributed by atoms with Crippen molar-refractivity contribution in [2.75, 3.05) is 0 Å². The third-order valence-electron chi connectivity index (χ3n) is 4.27. The minimum Gasteiger partial charge on any atom is -0.0755 e.